The molecule has 1 aliphatic heterocycles. The van der Waals surface area contributed by atoms with Crippen LogP contribution >= 0.6 is 11.8 Å². The number of thioether (sulfide) groups is 1. The number of nitrogens with one attached hydrogen (secondary N) is 1. The number of anilines is 1. The van der Waals surface area contributed by atoms with Crippen molar-refractivity contribution in [3.05, 3.63) is 24.4 Å². The number of rotatable bonds is 4. The van der Waals surface area contributed by atoms with Crippen LogP contribution in [0.5, 0.6) is 0 Å². The fourth-order valence-electron chi connectivity index (χ4n) is 2.42. The van der Waals surface area contributed by atoms with E-state index in [4.69, 9.17) is 0 Å². The Bertz CT molecular complexity index is 582. The maximum atomic E-state index is 12.6. The van der Waals surface area contributed by atoms with Gasteiger partial charge in [0.1, 0.15) is 11.9 Å². The number of hydrogen-bond donors (Lipinski definition) is 1. The van der Waals surface area contributed by atoms with Crippen LogP contribution in [0.25, 0.3) is 0 Å². The van der Waals surface area contributed by atoms with Crippen LogP contribution in [-0.2, 0) is 9.59 Å². The predicted molar refractivity (Wildman–Crippen MR) is 89.0 cm³/mol. The summed E-state index contributed by atoms with van der Waals surface area (Å²) >= 11 is 1.68. The summed E-state index contributed by atoms with van der Waals surface area (Å²) < 4.78 is 1.78. The van der Waals surface area contributed by atoms with E-state index in [1.165, 1.54) is 6.08 Å². The molecule has 0 aromatic carbocycles. The summed E-state index contributed by atoms with van der Waals surface area (Å²) in [5, 5.41) is 7.29. The number of hydrogen-bond acceptors (Lipinski definition) is 4. The minimum Gasteiger partial charge on any atom is -0.325 e. The van der Waals surface area contributed by atoms with Crippen LogP contribution in [0.2, 0.25) is 0 Å². The van der Waals surface area contributed by atoms with Crippen molar-refractivity contribution in [3.8, 4) is 0 Å². The van der Waals surface area contributed by atoms with Crippen LogP contribution in [0.3, 0.4) is 0 Å². The van der Waals surface area contributed by atoms with Crippen LogP contribution in [0.4, 0.5) is 5.82 Å². The molecule has 0 spiro atoms. The van der Waals surface area contributed by atoms with Crippen LogP contribution in [-0.4, -0.2) is 50.6 Å². The highest BCUT2D eigenvalue weighted by Crippen LogP contribution is 2.20. The molecule has 2 amide bonds. The second-order valence-corrected chi connectivity index (χ2v) is 6.67. The maximum absolute atomic E-state index is 12.6. The standard InChI is InChI=1S/C15H22N4O2S/c1-5-14(20)18-6-7-22-9-12(18)15(21)16-13-8-11(4)17-19(13)10(2)3/h5,8,10,12H,1,6-7,9H2,2-4H3,(H,16,21). The van der Waals surface area contributed by atoms with E-state index in [2.05, 4.69) is 17.0 Å². The van der Waals surface area contributed by atoms with Crippen LogP contribution in [0.15, 0.2) is 18.7 Å². The van der Waals surface area contributed by atoms with Crippen molar-refractivity contribution in [2.24, 2.45) is 0 Å². The van der Waals surface area contributed by atoms with E-state index in [0.717, 1.165) is 11.4 Å². The van der Waals surface area contributed by atoms with Crippen molar-refractivity contribution in [3.63, 3.8) is 0 Å². The fraction of sp³-hybridized carbons (Fsp3) is 0.533. The molecule has 1 aromatic rings. The molecule has 7 heteroatoms. The second kappa shape index (κ2) is 7.00. The van der Waals surface area contributed by atoms with E-state index in [1.54, 1.807) is 21.3 Å². The number of nitrogens with zero attached hydrogens (tertiary/aromatic N) is 3. The molecule has 1 fully saturated rings. The Morgan fingerprint density at radius 1 is 1.55 bits per heavy atom. The van der Waals surface area contributed by atoms with Gasteiger partial charge in [-0.3, -0.25) is 9.59 Å². The summed E-state index contributed by atoms with van der Waals surface area (Å²) in [5.74, 6) is 1.73. The molecule has 0 radical (unpaired) electrons. The summed E-state index contributed by atoms with van der Waals surface area (Å²) in [6.07, 6.45) is 1.26. The molecule has 1 aromatic heterocycles. The lowest BCUT2D eigenvalue weighted by molar-refractivity contribution is -0.133. The normalized spacial score (nSPS) is 18.4. The molecule has 6 nitrogen and oxygen atoms in total. The van der Waals surface area contributed by atoms with Crippen molar-refractivity contribution in [1.29, 1.82) is 0 Å². The third-order valence-corrected chi connectivity index (χ3v) is 4.51. The minimum atomic E-state index is -0.472. The topological polar surface area (TPSA) is 67.2 Å². The van der Waals surface area contributed by atoms with Gasteiger partial charge in [0.15, 0.2) is 0 Å². The Hall–Kier alpha value is -1.76. The largest absolute Gasteiger partial charge is 0.325 e. The first-order valence-corrected chi connectivity index (χ1v) is 8.47. The van der Waals surface area contributed by atoms with Gasteiger partial charge in [-0.05, 0) is 26.8 Å². The molecule has 1 atom stereocenters. The molecule has 22 heavy (non-hydrogen) atoms. The smallest absolute Gasteiger partial charge is 0.249 e. The SMILES string of the molecule is C=CC(=O)N1CCSCC1C(=O)Nc1cc(C)nn1C(C)C. The summed E-state index contributed by atoms with van der Waals surface area (Å²) in [7, 11) is 0. The van der Waals surface area contributed by atoms with Crippen molar-refractivity contribution < 1.29 is 9.59 Å². The number of aryl methyl sites for hydroxylation is 1. The van der Waals surface area contributed by atoms with Gasteiger partial charge in [-0.1, -0.05) is 6.58 Å². The summed E-state index contributed by atoms with van der Waals surface area (Å²) in [6.45, 7) is 9.98. The van der Waals surface area contributed by atoms with Crippen molar-refractivity contribution in [2.75, 3.05) is 23.4 Å². The lowest BCUT2D eigenvalue weighted by Crippen LogP contribution is -2.51. The van der Waals surface area contributed by atoms with Gasteiger partial charge < -0.3 is 10.2 Å². The Morgan fingerprint density at radius 2 is 2.27 bits per heavy atom. The Balaban J connectivity index is 2.16. The van der Waals surface area contributed by atoms with E-state index in [0.29, 0.717) is 18.1 Å². The van der Waals surface area contributed by atoms with Crippen LogP contribution in [0, 0.1) is 6.92 Å². The number of aromatic nitrogens is 2. The number of carbonyl (C=O) groups excluding carboxylic acids is 2. The molecule has 0 saturated carbocycles. The van der Waals surface area contributed by atoms with Crippen LogP contribution < -0.4 is 5.32 Å². The summed E-state index contributed by atoms with van der Waals surface area (Å²) in [6, 6.07) is 1.52. The second-order valence-electron chi connectivity index (χ2n) is 5.52. The van der Waals surface area contributed by atoms with Gasteiger partial charge in [0, 0.05) is 30.2 Å². The van der Waals surface area contributed by atoms with Crippen molar-refractivity contribution >= 4 is 29.4 Å². The molecule has 1 N–H and O–H groups in total. The van der Waals surface area contributed by atoms with Gasteiger partial charge in [-0.2, -0.15) is 16.9 Å². The Kier molecular flexibility index (Phi) is 5.28. The Labute approximate surface area is 134 Å². The first-order valence-electron chi connectivity index (χ1n) is 7.31. The lowest BCUT2D eigenvalue weighted by Gasteiger charge is -2.33. The average molecular weight is 322 g/mol. The van der Waals surface area contributed by atoms with Gasteiger partial charge >= 0.3 is 0 Å². The highest BCUT2D eigenvalue weighted by atomic mass is 32.2. The highest BCUT2D eigenvalue weighted by molar-refractivity contribution is 7.99. The summed E-state index contributed by atoms with van der Waals surface area (Å²) in [5.41, 5.74) is 0.848. The molecule has 2 rings (SSSR count). The van der Waals surface area contributed by atoms with Gasteiger partial charge in [-0.25, -0.2) is 4.68 Å². The van der Waals surface area contributed by atoms with Gasteiger partial charge in [0.2, 0.25) is 11.8 Å². The third kappa shape index (κ3) is 3.52. The van der Waals surface area contributed by atoms with Gasteiger partial charge in [0.05, 0.1) is 5.69 Å². The van der Waals surface area contributed by atoms with E-state index in [-0.39, 0.29) is 17.9 Å². The summed E-state index contributed by atoms with van der Waals surface area (Å²) in [4.78, 5) is 26.1. The van der Waals surface area contributed by atoms with Crippen molar-refractivity contribution in [2.45, 2.75) is 32.9 Å². The van der Waals surface area contributed by atoms with E-state index in [1.807, 2.05) is 26.8 Å². The quantitative estimate of drug-likeness (QED) is 0.859. The average Bonchev–Trinajstić information content (AvgIpc) is 2.87. The zero-order valence-electron chi connectivity index (χ0n) is 13.2. The molecule has 0 bridgehead atoms. The van der Waals surface area contributed by atoms with Crippen molar-refractivity contribution in [1.82, 2.24) is 14.7 Å². The molecule has 2 heterocycles. The van der Waals surface area contributed by atoms with Crippen LogP contribution in [0.1, 0.15) is 25.6 Å². The zero-order valence-corrected chi connectivity index (χ0v) is 14.0. The Morgan fingerprint density at radius 3 is 2.91 bits per heavy atom. The maximum Gasteiger partial charge on any atom is 0.249 e. The molecular formula is C15H22N4O2S. The van der Waals surface area contributed by atoms with Gasteiger partial charge in [0.25, 0.3) is 0 Å². The molecule has 1 saturated heterocycles. The van der Waals surface area contributed by atoms with E-state index < -0.39 is 6.04 Å². The predicted octanol–water partition coefficient (Wildman–Crippen LogP) is 1.84. The molecule has 120 valence electrons. The first kappa shape index (κ1) is 16.6. The number of amides is 2. The molecule has 0 aliphatic carbocycles. The molecular weight excluding hydrogens is 300 g/mol. The molecule has 1 unspecified atom stereocenters. The number of carbonyl (C=O) groups is 2. The van der Waals surface area contributed by atoms with Gasteiger partial charge in [-0.15, -0.1) is 0 Å². The third-order valence-electron chi connectivity index (χ3n) is 3.49. The minimum absolute atomic E-state index is 0.149. The zero-order chi connectivity index (χ0) is 16.3. The fourth-order valence-corrected chi connectivity index (χ4v) is 3.46. The highest BCUT2D eigenvalue weighted by Gasteiger charge is 2.32. The lowest BCUT2D eigenvalue weighted by atomic mass is 10.2. The van der Waals surface area contributed by atoms with E-state index >= 15 is 0 Å². The molecule has 1 aliphatic rings. The monoisotopic (exact) mass is 322 g/mol. The van der Waals surface area contributed by atoms with E-state index in [9.17, 15) is 9.59 Å². The first-order chi connectivity index (χ1) is 10.4.